The molecule has 1 amide bonds. The molecule has 0 saturated heterocycles. The average Bonchev–Trinajstić information content (AvgIpc) is 2.36. The number of halogens is 2. The molecule has 3 nitrogen and oxygen atoms in total. The van der Waals surface area contributed by atoms with Crippen molar-refractivity contribution in [2.45, 2.75) is 11.3 Å². The molecule has 1 aromatic rings. The Labute approximate surface area is 108 Å². The minimum absolute atomic E-state index is 0.0162. The van der Waals surface area contributed by atoms with Gasteiger partial charge in [-0.25, -0.2) is 8.78 Å². The lowest BCUT2D eigenvalue weighted by atomic mass is 10.3. The van der Waals surface area contributed by atoms with Crippen LogP contribution in [0.25, 0.3) is 0 Å². The first-order valence-corrected chi connectivity index (χ1v) is 6.22. The zero-order chi connectivity index (χ0) is 13.5. The highest BCUT2D eigenvalue weighted by Gasteiger charge is 2.11. The molecular formula is C12H12F2N2OS. The number of amides is 1. The number of nitrogens with zero attached hydrogens (tertiary/aromatic N) is 2. The van der Waals surface area contributed by atoms with E-state index >= 15 is 0 Å². The lowest BCUT2D eigenvalue weighted by Gasteiger charge is -2.15. The summed E-state index contributed by atoms with van der Waals surface area (Å²) >= 11 is 0.942. The van der Waals surface area contributed by atoms with Crippen LogP contribution in [0.4, 0.5) is 8.78 Å². The fraction of sp³-hybridized carbons (Fsp3) is 0.333. The third-order valence-corrected chi connectivity index (χ3v) is 3.24. The fourth-order valence-corrected chi connectivity index (χ4v) is 2.08. The Bertz CT molecular complexity index is 474. The molecule has 0 atom stereocenters. The van der Waals surface area contributed by atoms with E-state index in [-0.39, 0.29) is 23.0 Å². The van der Waals surface area contributed by atoms with Crippen LogP contribution in [0.5, 0.6) is 0 Å². The van der Waals surface area contributed by atoms with Crippen LogP contribution in [0.1, 0.15) is 6.42 Å². The Hall–Kier alpha value is -1.61. The first-order valence-electron chi connectivity index (χ1n) is 5.23. The zero-order valence-corrected chi connectivity index (χ0v) is 10.6. The standard InChI is InChI=1S/C12H12F2N2OS/c1-16(6-2-5-15)12(17)8-18-11-7-9(13)3-4-10(11)14/h3-4,7H,2,6,8H2,1H3. The van der Waals surface area contributed by atoms with Crippen LogP contribution in [0.15, 0.2) is 23.1 Å². The van der Waals surface area contributed by atoms with E-state index in [0.29, 0.717) is 6.54 Å². The first kappa shape index (κ1) is 14.5. The van der Waals surface area contributed by atoms with E-state index in [1.165, 1.54) is 4.90 Å². The van der Waals surface area contributed by atoms with Gasteiger partial charge in [0.05, 0.1) is 18.2 Å². The minimum Gasteiger partial charge on any atom is -0.344 e. The van der Waals surface area contributed by atoms with E-state index < -0.39 is 11.6 Å². The molecule has 1 rings (SSSR count). The SMILES string of the molecule is CN(CCC#N)C(=O)CSc1cc(F)ccc1F. The molecule has 6 heteroatoms. The van der Waals surface area contributed by atoms with Crippen LogP contribution in [0.3, 0.4) is 0 Å². The van der Waals surface area contributed by atoms with Crippen molar-refractivity contribution >= 4 is 17.7 Å². The monoisotopic (exact) mass is 270 g/mol. The van der Waals surface area contributed by atoms with E-state index in [1.807, 2.05) is 6.07 Å². The molecule has 0 aliphatic rings. The highest BCUT2D eigenvalue weighted by molar-refractivity contribution is 8.00. The number of carbonyl (C=O) groups is 1. The Morgan fingerprint density at radius 3 is 2.89 bits per heavy atom. The van der Waals surface area contributed by atoms with Crippen molar-refractivity contribution in [2.75, 3.05) is 19.3 Å². The molecule has 0 aliphatic heterocycles. The average molecular weight is 270 g/mol. The zero-order valence-electron chi connectivity index (χ0n) is 9.82. The highest BCUT2D eigenvalue weighted by atomic mass is 32.2. The summed E-state index contributed by atoms with van der Waals surface area (Å²) in [6.07, 6.45) is 0.251. The van der Waals surface area contributed by atoms with Gasteiger partial charge in [0.1, 0.15) is 11.6 Å². The maximum absolute atomic E-state index is 13.3. The van der Waals surface area contributed by atoms with Crippen molar-refractivity contribution < 1.29 is 13.6 Å². The number of hydrogen-bond acceptors (Lipinski definition) is 3. The lowest BCUT2D eigenvalue weighted by molar-refractivity contribution is -0.127. The number of hydrogen-bond donors (Lipinski definition) is 0. The van der Waals surface area contributed by atoms with E-state index in [0.717, 1.165) is 30.0 Å². The van der Waals surface area contributed by atoms with E-state index in [9.17, 15) is 13.6 Å². The van der Waals surface area contributed by atoms with Crippen LogP contribution in [-0.2, 0) is 4.79 Å². The van der Waals surface area contributed by atoms with Gasteiger partial charge >= 0.3 is 0 Å². The van der Waals surface area contributed by atoms with Crippen molar-refractivity contribution in [1.29, 1.82) is 5.26 Å². The van der Waals surface area contributed by atoms with Gasteiger partial charge in [0.25, 0.3) is 0 Å². The maximum Gasteiger partial charge on any atom is 0.232 e. The van der Waals surface area contributed by atoms with E-state index in [2.05, 4.69) is 0 Å². The largest absolute Gasteiger partial charge is 0.344 e. The summed E-state index contributed by atoms with van der Waals surface area (Å²) in [6.45, 7) is 0.335. The second-order valence-corrected chi connectivity index (χ2v) is 4.60. The van der Waals surface area contributed by atoms with Crippen molar-refractivity contribution in [3.05, 3.63) is 29.8 Å². The van der Waals surface area contributed by atoms with E-state index in [1.54, 1.807) is 7.05 Å². The van der Waals surface area contributed by atoms with Gasteiger partial charge in [-0.1, -0.05) is 0 Å². The Morgan fingerprint density at radius 2 is 2.22 bits per heavy atom. The fourth-order valence-electron chi connectivity index (χ4n) is 1.18. The first-order chi connectivity index (χ1) is 8.54. The molecule has 0 radical (unpaired) electrons. The molecule has 1 aromatic carbocycles. The van der Waals surface area contributed by atoms with Crippen LogP contribution in [0, 0.1) is 23.0 Å². The van der Waals surface area contributed by atoms with Crippen LogP contribution in [-0.4, -0.2) is 30.2 Å². The predicted molar refractivity (Wildman–Crippen MR) is 64.9 cm³/mol. The molecule has 0 saturated carbocycles. The van der Waals surface area contributed by atoms with Crippen molar-refractivity contribution in [3.63, 3.8) is 0 Å². The van der Waals surface area contributed by atoms with Crippen LogP contribution in [0.2, 0.25) is 0 Å². The third kappa shape index (κ3) is 4.34. The van der Waals surface area contributed by atoms with Crippen LogP contribution >= 0.6 is 11.8 Å². The number of nitriles is 1. The van der Waals surface area contributed by atoms with Gasteiger partial charge < -0.3 is 4.90 Å². The smallest absolute Gasteiger partial charge is 0.232 e. The molecule has 0 aromatic heterocycles. The topological polar surface area (TPSA) is 44.1 Å². The normalized spacial score (nSPS) is 9.89. The van der Waals surface area contributed by atoms with Gasteiger partial charge in [-0.3, -0.25) is 4.79 Å². The minimum atomic E-state index is -0.547. The Morgan fingerprint density at radius 1 is 1.50 bits per heavy atom. The summed E-state index contributed by atoms with van der Waals surface area (Å²) in [5.41, 5.74) is 0. The molecule has 0 heterocycles. The summed E-state index contributed by atoms with van der Waals surface area (Å²) < 4.78 is 26.2. The molecule has 0 unspecified atom stereocenters. The molecule has 0 N–H and O–H groups in total. The molecule has 0 spiro atoms. The number of carbonyl (C=O) groups excluding carboxylic acids is 1. The molecule has 0 fully saturated rings. The van der Waals surface area contributed by atoms with Gasteiger partial charge in [-0.05, 0) is 18.2 Å². The number of benzene rings is 1. The second kappa shape index (κ2) is 6.97. The maximum atomic E-state index is 13.3. The summed E-state index contributed by atoms with van der Waals surface area (Å²) in [7, 11) is 1.57. The number of thioether (sulfide) groups is 1. The van der Waals surface area contributed by atoms with Crippen LogP contribution < -0.4 is 0 Å². The molecule has 96 valence electrons. The molecule has 0 aliphatic carbocycles. The van der Waals surface area contributed by atoms with Crippen molar-refractivity contribution in [2.24, 2.45) is 0 Å². The van der Waals surface area contributed by atoms with Gasteiger partial charge in [-0.15, -0.1) is 11.8 Å². The molecular weight excluding hydrogens is 258 g/mol. The lowest BCUT2D eigenvalue weighted by Crippen LogP contribution is -2.29. The van der Waals surface area contributed by atoms with E-state index in [4.69, 9.17) is 5.26 Å². The highest BCUT2D eigenvalue weighted by Crippen LogP contribution is 2.22. The second-order valence-electron chi connectivity index (χ2n) is 3.59. The summed E-state index contributed by atoms with van der Waals surface area (Å²) in [6, 6.07) is 5.05. The predicted octanol–water partition coefficient (Wildman–Crippen LogP) is 2.43. The Balaban J connectivity index is 2.52. The quantitative estimate of drug-likeness (QED) is 0.772. The van der Waals surface area contributed by atoms with Gasteiger partial charge in [0, 0.05) is 18.5 Å². The van der Waals surface area contributed by atoms with Gasteiger partial charge in [-0.2, -0.15) is 5.26 Å². The number of rotatable bonds is 5. The molecule has 0 bridgehead atoms. The Kier molecular flexibility index (Phi) is 5.59. The third-order valence-electron chi connectivity index (χ3n) is 2.23. The van der Waals surface area contributed by atoms with Gasteiger partial charge in [0.15, 0.2) is 0 Å². The van der Waals surface area contributed by atoms with Crippen molar-refractivity contribution in [1.82, 2.24) is 4.90 Å². The van der Waals surface area contributed by atoms with Gasteiger partial charge in [0.2, 0.25) is 5.91 Å². The van der Waals surface area contributed by atoms with Crippen molar-refractivity contribution in [3.8, 4) is 6.07 Å². The molecule has 18 heavy (non-hydrogen) atoms. The summed E-state index contributed by atoms with van der Waals surface area (Å²) in [5.74, 6) is -1.29. The summed E-state index contributed by atoms with van der Waals surface area (Å²) in [5, 5.41) is 8.39. The summed E-state index contributed by atoms with van der Waals surface area (Å²) in [4.78, 5) is 13.1.